The van der Waals surface area contributed by atoms with Gasteiger partial charge in [-0.25, -0.2) is 4.39 Å². The molecule has 0 fully saturated rings. The Balaban J connectivity index is 2.91. The van der Waals surface area contributed by atoms with Gasteiger partial charge < -0.3 is 10.1 Å². The lowest BCUT2D eigenvalue weighted by atomic mass is 9.98. The number of hydrogen-bond acceptors (Lipinski definition) is 2. The lowest BCUT2D eigenvalue weighted by Crippen LogP contribution is -2.34. The highest BCUT2D eigenvalue weighted by Crippen LogP contribution is 2.23. The molecule has 1 aromatic carbocycles. The van der Waals surface area contributed by atoms with E-state index in [9.17, 15) is 4.39 Å². The molecule has 102 valence electrons. The van der Waals surface area contributed by atoms with E-state index in [1.54, 1.807) is 12.1 Å². The molecule has 0 saturated heterocycles. The van der Waals surface area contributed by atoms with E-state index >= 15 is 0 Å². The van der Waals surface area contributed by atoms with Crippen molar-refractivity contribution in [1.82, 2.24) is 5.32 Å². The molecule has 0 spiro atoms. The largest absolute Gasteiger partial charge is 0.377 e. The molecule has 0 amide bonds. The molecular formula is C15H24FNO. The van der Waals surface area contributed by atoms with Crippen LogP contribution in [0.25, 0.3) is 0 Å². The van der Waals surface area contributed by atoms with Crippen LogP contribution < -0.4 is 5.32 Å². The molecule has 2 nitrogen and oxygen atoms in total. The molecule has 2 unspecified atom stereocenters. The zero-order valence-electron chi connectivity index (χ0n) is 11.6. The van der Waals surface area contributed by atoms with Crippen LogP contribution in [0.3, 0.4) is 0 Å². The first-order valence-corrected chi connectivity index (χ1v) is 6.83. The number of likely N-dealkylation sites (N-methyl/N-ethyl adjacent to an activating group) is 1. The fraction of sp³-hybridized carbons (Fsp3) is 0.600. The summed E-state index contributed by atoms with van der Waals surface area (Å²) in [6, 6.07) is 6.84. The summed E-state index contributed by atoms with van der Waals surface area (Å²) < 4.78 is 19.1. The summed E-state index contributed by atoms with van der Waals surface area (Å²) in [5, 5.41) is 3.40. The zero-order chi connectivity index (χ0) is 13.4. The van der Waals surface area contributed by atoms with Crippen molar-refractivity contribution in [2.45, 2.75) is 45.8 Å². The van der Waals surface area contributed by atoms with E-state index in [-0.39, 0.29) is 18.0 Å². The molecule has 3 heteroatoms. The minimum Gasteiger partial charge on any atom is -0.377 e. The zero-order valence-corrected chi connectivity index (χ0v) is 11.6. The van der Waals surface area contributed by atoms with E-state index in [2.05, 4.69) is 19.2 Å². The molecule has 1 aromatic rings. The van der Waals surface area contributed by atoms with Crippen molar-refractivity contribution < 1.29 is 9.13 Å². The molecule has 1 rings (SSSR count). The number of hydrogen-bond donors (Lipinski definition) is 1. The lowest BCUT2D eigenvalue weighted by Gasteiger charge is -2.28. The molecular weight excluding hydrogens is 229 g/mol. The molecule has 0 aliphatic carbocycles. The summed E-state index contributed by atoms with van der Waals surface area (Å²) in [7, 11) is 0. The van der Waals surface area contributed by atoms with Crippen LogP contribution >= 0.6 is 0 Å². The molecule has 0 saturated carbocycles. The van der Waals surface area contributed by atoms with Crippen molar-refractivity contribution in [3.63, 3.8) is 0 Å². The molecule has 18 heavy (non-hydrogen) atoms. The average Bonchev–Trinajstić information content (AvgIpc) is 2.36. The van der Waals surface area contributed by atoms with E-state index in [1.807, 2.05) is 13.0 Å². The van der Waals surface area contributed by atoms with Gasteiger partial charge in [0, 0.05) is 6.61 Å². The van der Waals surface area contributed by atoms with Crippen LogP contribution in [0.2, 0.25) is 0 Å². The summed E-state index contributed by atoms with van der Waals surface area (Å²) in [6.45, 7) is 7.72. The molecule has 1 N–H and O–H groups in total. The van der Waals surface area contributed by atoms with Crippen LogP contribution in [0, 0.1) is 5.82 Å². The quantitative estimate of drug-likeness (QED) is 0.763. The van der Waals surface area contributed by atoms with Crippen LogP contribution in [0.5, 0.6) is 0 Å². The first kappa shape index (κ1) is 15.1. The van der Waals surface area contributed by atoms with Gasteiger partial charge in [0.2, 0.25) is 0 Å². The van der Waals surface area contributed by atoms with Crippen LogP contribution in [0.4, 0.5) is 4.39 Å². The van der Waals surface area contributed by atoms with Gasteiger partial charge in [0.15, 0.2) is 0 Å². The first-order chi connectivity index (χ1) is 8.72. The lowest BCUT2D eigenvalue weighted by molar-refractivity contribution is 0.0279. The maximum absolute atomic E-state index is 13.3. The molecule has 2 atom stereocenters. The van der Waals surface area contributed by atoms with E-state index in [1.165, 1.54) is 6.07 Å². The van der Waals surface area contributed by atoms with Crippen molar-refractivity contribution >= 4 is 0 Å². The smallest absolute Gasteiger partial charge is 0.123 e. The van der Waals surface area contributed by atoms with Gasteiger partial charge >= 0.3 is 0 Å². The number of rotatable bonds is 8. The van der Waals surface area contributed by atoms with Gasteiger partial charge in [0.1, 0.15) is 5.82 Å². The van der Waals surface area contributed by atoms with E-state index < -0.39 is 0 Å². The van der Waals surface area contributed by atoms with Crippen molar-refractivity contribution in [2.24, 2.45) is 0 Å². The number of nitrogens with one attached hydrogen (secondary N) is 1. The third-order valence-corrected chi connectivity index (χ3v) is 2.96. The molecule has 0 aliphatic heterocycles. The van der Waals surface area contributed by atoms with Gasteiger partial charge in [-0.1, -0.05) is 32.4 Å². The maximum atomic E-state index is 13.3. The topological polar surface area (TPSA) is 21.3 Å². The minimum atomic E-state index is -0.192. The molecule has 0 aromatic heterocycles. The van der Waals surface area contributed by atoms with E-state index in [0.717, 1.165) is 24.9 Å². The standard InChI is InChI=1S/C15H24FNO/c1-4-8-14(18-6-3)15(17-5-2)12-9-7-10-13(16)11-12/h7,9-11,14-15,17H,4-6,8H2,1-3H3. The second-order valence-electron chi connectivity index (χ2n) is 4.37. The Morgan fingerprint density at radius 1 is 1.28 bits per heavy atom. The normalized spacial score (nSPS) is 14.4. The van der Waals surface area contributed by atoms with Crippen molar-refractivity contribution in [1.29, 1.82) is 0 Å². The predicted octanol–water partition coefficient (Wildman–Crippen LogP) is 3.68. The summed E-state index contributed by atoms with van der Waals surface area (Å²) in [5.41, 5.74) is 0.962. The monoisotopic (exact) mass is 253 g/mol. The van der Waals surface area contributed by atoms with Gasteiger partial charge in [-0.3, -0.25) is 0 Å². The van der Waals surface area contributed by atoms with Gasteiger partial charge in [-0.15, -0.1) is 0 Å². The average molecular weight is 253 g/mol. The molecule has 0 aliphatic rings. The Hall–Kier alpha value is -0.930. The Morgan fingerprint density at radius 2 is 2.06 bits per heavy atom. The fourth-order valence-electron chi connectivity index (χ4n) is 2.23. The minimum absolute atomic E-state index is 0.0607. The Morgan fingerprint density at radius 3 is 2.61 bits per heavy atom. The van der Waals surface area contributed by atoms with E-state index in [0.29, 0.717) is 6.61 Å². The maximum Gasteiger partial charge on any atom is 0.123 e. The number of benzene rings is 1. The van der Waals surface area contributed by atoms with Crippen molar-refractivity contribution in [3.8, 4) is 0 Å². The number of halogens is 1. The number of ether oxygens (including phenoxy) is 1. The summed E-state index contributed by atoms with van der Waals surface area (Å²) >= 11 is 0. The van der Waals surface area contributed by atoms with E-state index in [4.69, 9.17) is 4.74 Å². The highest BCUT2D eigenvalue weighted by atomic mass is 19.1. The summed E-state index contributed by atoms with van der Waals surface area (Å²) in [5.74, 6) is -0.192. The van der Waals surface area contributed by atoms with Gasteiger partial charge in [-0.05, 0) is 37.6 Å². The third kappa shape index (κ3) is 4.39. The fourth-order valence-corrected chi connectivity index (χ4v) is 2.23. The van der Waals surface area contributed by atoms with Crippen molar-refractivity contribution in [3.05, 3.63) is 35.6 Å². The molecule has 0 radical (unpaired) electrons. The third-order valence-electron chi connectivity index (χ3n) is 2.96. The summed E-state index contributed by atoms with van der Waals surface area (Å²) in [6.07, 6.45) is 2.13. The second-order valence-corrected chi connectivity index (χ2v) is 4.37. The van der Waals surface area contributed by atoms with Gasteiger partial charge in [0.25, 0.3) is 0 Å². The molecule has 0 bridgehead atoms. The molecule has 0 heterocycles. The van der Waals surface area contributed by atoms with Crippen LogP contribution in [-0.2, 0) is 4.74 Å². The second kappa shape index (κ2) is 8.22. The predicted molar refractivity (Wildman–Crippen MR) is 73.1 cm³/mol. The summed E-state index contributed by atoms with van der Waals surface area (Å²) in [4.78, 5) is 0. The highest BCUT2D eigenvalue weighted by molar-refractivity contribution is 5.21. The SMILES string of the molecule is CCCC(OCC)C(NCC)c1cccc(F)c1. The Bertz CT molecular complexity index is 337. The van der Waals surface area contributed by atoms with Gasteiger partial charge in [0.05, 0.1) is 12.1 Å². The van der Waals surface area contributed by atoms with Crippen molar-refractivity contribution in [2.75, 3.05) is 13.2 Å². The highest BCUT2D eigenvalue weighted by Gasteiger charge is 2.22. The van der Waals surface area contributed by atoms with Crippen LogP contribution in [0.1, 0.15) is 45.2 Å². The van der Waals surface area contributed by atoms with Crippen LogP contribution in [-0.4, -0.2) is 19.3 Å². The Labute approximate surface area is 110 Å². The van der Waals surface area contributed by atoms with Crippen LogP contribution in [0.15, 0.2) is 24.3 Å². The Kier molecular flexibility index (Phi) is 6.91. The van der Waals surface area contributed by atoms with Gasteiger partial charge in [-0.2, -0.15) is 0 Å². The first-order valence-electron chi connectivity index (χ1n) is 6.83.